The number of nitrogens with one attached hydrogen (secondary N) is 1. The monoisotopic (exact) mass is 367 g/mol. The summed E-state index contributed by atoms with van der Waals surface area (Å²) in [5, 5.41) is 2.68. The van der Waals surface area contributed by atoms with Crippen molar-refractivity contribution in [2.24, 2.45) is 0 Å². The molecule has 0 aliphatic heterocycles. The maximum absolute atomic E-state index is 12.1. The summed E-state index contributed by atoms with van der Waals surface area (Å²) >= 11 is 0. The van der Waals surface area contributed by atoms with E-state index >= 15 is 0 Å². The van der Waals surface area contributed by atoms with E-state index in [1.807, 2.05) is 12.1 Å². The molecule has 2 aromatic carbocycles. The zero-order chi connectivity index (χ0) is 19.2. The standard InChI is InChI=1S/C21H21NO5/c1-26-20(24)16-7-5-14(6-8-16)12-22-19(23)13-27-21(25)18-10-9-15-3-2-4-17(15)11-18/h5-11H,2-4,12-13H2,1H3,(H,22,23). The van der Waals surface area contributed by atoms with Crippen LogP contribution in [-0.4, -0.2) is 31.6 Å². The Balaban J connectivity index is 1.45. The van der Waals surface area contributed by atoms with Crippen LogP contribution >= 0.6 is 0 Å². The van der Waals surface area contributed by atoms with Crippen LogP contribution in [0.15, 0.2) is 42.5 Å². The molecule has 1 N–H and O–H groups in total. The first-order valence-corrected chi connectivity index (χ1v) is 8.79. The topological polar surface area (TPSA) is 81.7 Å². The third-order valence-electron chi connectivity index (χ3n) is 4.53. The first kappa shape index (κ1) is 18.6. The molecular formula is C21H21NO5. The van der Waals surface area contributed by atoms with Crippen molar-refractivity contribution in [1.82, 2.24) is 5.32 Å². The Hall–Kier alpha value is -3.15. The van der Waals surface area contributed by atoms with Crippen molar-refractivity contribution >= 4 is 17.8 Å². The van der Waals surface area contributed by atoms with Crippen LogP contribution < -0.4 is 5.32 Å². The van der Waals surface area contributed by atoms with Gasteiger partial charge in [0.05, 0.1) is 18.2 Å². The van der Waals surface area contributed by atoms with Crippen molar-refractivity contribution in [2.45, 2.75) is 25.8 Å². The molecule has 2 aromatic rings. The Kier molecular flexibility index (Phi) is 5.86. The van der Waals surface area contributed by atoms with E-state index in [4.69, 9.17) is 4.74 Å². The number of rotatable bonds is 6. The summed E-state index contributed by atoms with van der Waals surface area (Å²) < 4.78 is 9.72. The molecule has 3 rings (SSSR count). The van der Waals surface area contributed by atoms with Crippen molar-refractivity contribution in [3.05, 3.63) is 70.3 Å². The van der Waals surface area contributed by atoms with Crippen LogP contribution in [0.1, 0.15) is 43.8 Å². The van der Waals surface area contributed by atoms with E-state index in [1.165, 1.54) is 18.2 Å². The van der Waals surface area contributed by atoms with Crippen molar-refractivity contribution in [3.63, 3.8) is 0 Å². The van der Waals surface area contributed by atoms with Gasteiger partial charge in [0.25, 0.3) is 5.91 Å². The molecule has 0 fully saturated rings. The maximum atomic E-state index is 12.1. The zero-order valence-corrected chi connectivity index (χ0v) is 15.1. The summed E-state index contributed by atoms with van der Waals surface area (Å²) in [5.74, 6) is -1.30. The van der Waals surface area contributed by atoms with E-state index in [2.05, 4.69) is 10.1 Å². The summed E-state index contributed by atoms with van der Waals surface area (Å²) in [6.45, 7) is -0.0627. The summed E-state index contributed by atoms with van der Waals surface area (Å²) in [6.07, 6.45) is 3.14. The van der Waals surface area contributed by atoms with Crippen molar-refractivity contribution in [3.8, 4) is 0 Å². The smallest absolute Gasteiger partial charge is 0.338 e. The number of ether oxygens (including phenoxy) is 2. The van der Waals surface area contributed by atoms with E-state index in [1.54, 1.807) is 30.3 Å². The quantitative estimate of drug-likeness (QED) is 0.793. The lowest BCUT2D eigenvalue weighted by Gasteiger charge is -2.08. The molecule has 0 bridgehead atoms. The van der Waals surface area contributed by atoms with Gasteiger partial charge < -0.3 is 14.8 Å². The lowest BCUT2D eigenvalue weighted by Crippen LogP contribution is -2.28. The molecule has 27 heavy (non-hydrogen) atoms. The van der Waals surface area contributed by atoms with E-state index in [-0.39, 0.29) is 19.1 Å². The number of methoxy groups -OCH3 is 1. The fraction of sp³-hybridized carbons (Fsp3) is 0.286. The Morgan fingerprint density at radius 2 is 1.63 bits per heavy atom. The molecule has 140 valence electrons. The molecular weight excluding hydrogens is 346 g/mol. The van der Waals surface area contributed by atoms with Crippen LogP contribution in [0.5, 0.6) is 0 Å². The molecule has 6 heteroatoms. The van der Waals surface area contributed by atoms with E-state index in [0.29, 0.717) is 11.1 Å². The largest absolute Gasteiger partial charge is 0.465 e. The van der Waals surface area contributed by atoms with Gasteiger partial charge in [0, 0.05) is 6.54 Å². The number of aryl methyl sites for hydroxylation is 2. The number of esters is 2. The fourth-order valence-electron chi connectivity index (χ4n) is 3.04. The molecule has 1 aliphatic carbocycles. The number of fused-ring (bicyclic) bond motifs is 1. The van der Waals surface area contributed by atoms with Crippen molar-refractivity contribution < 1.29 is 23.9 Å². The second kappa shape index (κ2) is 8.49. The number of carbonyl (C=O) groups excluding carboxylic acids is 3. The summed E-state index contributed by atoms with van der Waals surface area (Å²) in [4.78, 5) is 35.4. The second-order valence-corrected chi connectivity index (χ2v) is 6.38. The van der Waals surface area contributed by atoms with Gasteiger partial charge in [0.15, 0.2) is 6.61 Å². The van der Waals surface area contributed by atoms with Crippen LogP contribution in [-0.2, 0) is 33.7 Å². The lowest BCUT2D eigenvalue weighted by molar-refractivity contribution is -0.124. The van der Waals surface area contributed by atoms with Gasteiger partial charge in [-0.25, -0.2) is 9.59 Å². The van der Waals surface area contributed by atoms with Gasteiger partial charge in [-0.15, -0.1) is 0 Å². The molecule has 0 unspecified atom stereocenters. The lowest BCUT2D eigenvalue weighted by atomic mass is 10.1. The predicted octanol–water partition coefficient (Wildman–Crippen LogP) is 2.44. The van der Waals surface area contributed by atoms with E-state index in [0.717, 1.165) is 24.8 Å². The summed E-state index contributed by atoms with van der Waals surface area (Å²) in [6, 6.07) is 12.3. The van der Waals surface area contributed by atoms with Crippen LogP contribution in [0.3, 0.4) is 0 Å². The Morgan fingerprint density at radius 1 is 0.926 bits per heavy atom. The van der Waals surface area contributed by atoms with Crippen LogP contribution in [0, 0.1) is 0 Å². The molecule has 0 aromatic heterocycles. The average Bonchev–Trinajstić information content (AvgIpc) is 3.18. The van der Waals surface area contributed by atoms with Gasteiger partial charge in [-0.05, 0) is 60.2 Å². The maximum Gasteiger partial charge on any atom is 0.338 e. The van der Waals surface area contributed by atoms with E-state index < -0.39 is 11.9 Å². The van der Waals surface area contributed by atoms with Crippen LogP contribution in [0.25, 0.3) is 0 Å². The average molecular weight is 367 g/mol. The predicted molar refractivity (Wildman–Crippen MR) is 98.4 cm³/mol. The summed E-state index contributed by atoms with van der Waals surface area (Å²) in [7, 11) is 1.32. The van der Waals surface area contributed by atoms with Gasteiger partial charge in [-0.3, -0.25) is 4.79 Å². The molecule has 0 spiro atoms. The van der Waals surface area contributed by atoms with Gasteiger partial charge >= 0.3 is 11.9 Å². The zero-order valence-electron chi connectivity index (χ0n) is 15.1. The molecule has 0 saturated carbocycles. The number of amides is 1. The third-order valence-corrected chi connectivity index (χ3v) is 4.53. The second-order valence-electron chi connectivity index (χ2n) is 6.38. The van der Waals surface area contributed by atoms with Crippen LogP contribution in [0.2, 0.25) is 0 Å². The first-order chi connectivity index (χ1) is 13.1. The number of hydrogen-bond donors (Lipinski definition) is 1. The molecule has 0 saturated heterocycles. The Labute approximate surface area is 157 Å². The minimum atomic E-state index is -0.498. The highest BCUT2D eigenvalue weighted by Gasteiger charge is 2.15. The number of benzene rings is 2. The van der Waals surface area contributed by atoms with Gasteiger partial charge in [0.2, 0.25) is 0 Å². The minimum Gasteiger partial charge on any atom is -0.465 e. The van der Waals surface area contributed by atoms with Gasteiger partial charge in [-0.1, -0.05) is 18.2 Å². The van der Waals surface area contributed by atoms with Crippen molar-refractivity contribution in [2.75, 3.05) is 13.7 Å². The van der Waals surface area contributed by atoms with Crippen molar-refractivity contribution in [1.29, 1.82) is 0 Å². The number of carbonyl (C=O) groups is 3. The molecule has 1 amide bonds. The van der Waals surface area contributed by atoms with E-state index in [9.17, 15) is 14.4 Å². The van der Waals surface area contributed by atoms with Gasteiger partial charge in [0.1, 0.15) is 0 Å². The molecule has 0 heterocycles. The normalized spacial score (nSPS) is 12.2. The molecule has 0 atom stereocenters. The highest BCUT2D eigenvalue weighted by Crippen LogP contribution is 2.23. The SMILES string of the molecule is COC(=O)c1ccc(CNC(=O)COC(=O)c2ccc3c(c2)CCC3)cc1. The molecule has 6 nitrogen and oxygen atoms in total. The number of hydrogen-bond acceptors (Lipinski definition) is 5. The van der Waals surface area contributed by atoms with Gasteiger partial charge in [-0.2, -0.15) is 0 Å². The fourth-order valence-corrected chi connectivity index (χ4v) is 3.04. The first-order valence-electron chi connectivity index (χ1n) is 8.79. The van der Waals surface area contributed by atoms with Crippen LogP contribution in [0.4, 0.5) is 0 Å². The highest BCUT2D eigenvalue weighted by molar-refractivity contribution is 5.91. The highest BCUT2D eigenvalue weighted by atomic mass is 16.5. The Bertz CT molecular complexity index is 857. The molecule has 1 aliphatic rings. The summed E-state index contributed by atoms with van der Waals surface area (Å²) in [5.41, 5.74) is 4.20. The molecule has 0 radical (unpaired) electrons. The third kappa shape index (κ3) is 4.73. The Morgan fingerprint density at radius 3 is 2.37 bits per heavy atom. The minimum absolute atomic E-state index is 0.274.